The quantitative estimate of drug-likeness (QED) is 0.908. The van der Waals surface area contributed by atoms with Gasteiger partial charge in [-0.3, -0.25) is 4.98 Å². The normalized spacial score (nSPS) is 12.4. The van der Waals surface area contributed by atoms with Crippen LogP contribution in [-0.4, -0.2) is 18.1 Å². The van der Waals surface area contributed by atoms with Gasteiger partial charge < -0.3 is 5.32 Å². The van der Waals surface area contributed by atoms with Gasteiger partial charge in [-0.15, -0.1) is 0 Å². The third kappa shape index (κ3) is 4.01. The Balaban J connectivity index is 2.09. The number of benzene rings is 1. The molecule has 1 atom stereocenters. The van der Waals surface area contributed by atoms with Gasteiger partial charge in [0.1, 0.15) is 5.82 Å². The predicted octanol–water partition coefficient (Wildman–Crippen LogP) is 3.25. The first-order valence-corrected chi connectivity index (χ1v) is 6.57. The van der Waals surface area contributed by atoms with E-state index in [0.29, 0.717) is 17.0 Å². The molecule has 0 aliphatic rings. The Kier molecular flexibility index (Phi) is 4.88. The number of pyridine rings is 1. The summed E-state index contributed by atoms with van der Waals surface area (Å²) in [6.45, 7) is 0. The van der Waals surface area contributed by atoms with Crippen LogP contribution in [0.4, 0.5) is 4.39 Å². The first-order chi connectivity index (χ1) is 9.19. The van der Waals surface area contributed by atoms with Crippen LogP contribution < -0.4 is 5.32 Å². The van der Waals surface area contributed by atoms with E-state index in [1.54, 1.807) is 18.3 Å². The van der Waals surface area contributed by atoms with Crippen LogP contribution in [0, 0.1) is 5.82 Å². The van der Waals surface area contributed by atoms with Crippen LogP contribution in [0.3, 0.4) is 0 Å². The molecule has 1 N–H and O–H groups in total. The fraction of sp³-hybridized carbons (Fsp3) is 0.267. The topological polar surface area (TPSA) is 24.9 Å². The van der Waals surface area contributed by atoms with E-state index in [-0.39, 0.29) is 11.9 Å². The first kappa shape index (κ1) is 14.0. The van der Waals surface area contributed by atoms with E-state index in [2.05, 4.69) is 10.3 Å². The number of hydrogen-bond acceptors (Lipinski definition) is 2. The Labute approximate surface area is 117 Å². The highest BCUT2D eigenvalue weighted by Crippen LogP contribution is 2.17. The summed E-state index contributed by atoms with van der Waals surface area (Å²) in [5, 5.41) is 3.77. The van der Waals surface area contributed by atoms with Crippen LogP contribution in [0.2, 0.25) is 5.02 Å². The molecule has 1 aromatic carbocycles. The Hall–Kier alpha value is -1.45. The molecule has 1 heterocycles. The van der Waals surface area contributed by atoms with Gasteiger partial charge in [0.25, 0.3) is 0 Å². The molecule has 0 saturated heterocycles. The molecular formula is C15H16ClFN2. The van der Waals surface area contributed by atoms with E-state index in [0.717, 1.165) is 12.0 Å². The zero-order valence-electron chi connectivity index (χ0n) is 10.7. The SMILES string of the molecule is CNC(Cc1cccnc1)Cc1cc(Cl)ccc1F. The van der Waals surface area contributed by atoms with Crippen LogP contribution in [0.15, 0.2) is 42.7 Å². The minimum Gasteiger partial charge on any atom is -0.316 e. The van der Waals surface area contributed by atoms with Gasteiger partial charge in [0.2, 0.25) is 0 Å². The number of aromatic nitrogens is 1. The van der Waals surface area contributed by atoms with Gasteiger partial charge in [-0.05, 0) is 55.3 Å². The monoisotopic (exact) mass is 278 g/mol. The Bertz CT molecular complexity index is 531. The van der Waals surface area contributed by atoms with Crippen molar-refractivity contribution in [1.82, 2.24) is 10.3 Å². The van der Waals surface area contributed by atoms with Crippen LogP contribution >= 0.6 is 11.6 Å². The molecule has 2 rings (SSSR count). The summed E-state index contributed by atoms with van der Waals surface area (Å²) in [6.07, 6.45) is 4.97. The summed E-state index contributed by atoms with van der Waals surface area (Å²) in [7, 11) is 1.88. The van der Waals surface area contributed by atoms with Crippen molar-refractivity contribution in [2.75, 3.05) is 7.05 Å². The standard InChI is InChI=1S/C15H16ClFN2/c1-18-14(7-11-3-2-6-19-10-11)9-12-8-13(16)4-5-15(12)17/h2-6,8,10,14,18H,7,9H2,1H3. The van der Waals surface area contributed by atoms with E-state index >= 15 is 0 Å². The first-order valence-electron chi connectivity index (χ1n) is 6.19. The molecule has 0 aliphatic heterocycles. The third-order valence-corrected chi connectivity index (χ3v) is 3.32. The molecule has 0 amide bonds. The van der Waals surface area contributed by atoms with E-state index in [1.165, 1.54) is 6.07 Å². The average Bonchev–Trinajstić information content (AvgIpc) is 2.43. The van der Waals surface area contributed by atoms with Crippen molar-refractivity contribution in [3.63, 3.8) is 0 Å². The minimum atomic E-state index is -0.212. The smallest absolute Gasteiger partial charge is 0.126 e. The highest BCUT2D eigenvalue weighted by molar-refractivity contribution is 6.30. The molecule has 0 saturated carbocycles. The number of hydrogen-bond donors (Lipinski definition) is 1. The second-order valence-corrected chi connectivity index (χ2v) is 4.93. The van der Waals surface area contributed by atoms with Crippen molar-refractivity contribution in [3.8, 4) is 0 Å². The molecule has 19 heavy (non-hydrogen) atoms. The zero-order valence-corrected chi connectivity index (χ0v) is 11.5. The summed E-state index contributed by atoms with van der Waals surface area (Å²) in [6, 6.07) is 8.74. The lowest BCUT2D eigenvalue weighted by Crippen LogP contribution is -2.30. The summed E-state index contributed by atoms with van der Waals surface area (Å²) in [5.41, 5.74) is 1.76. The predicted molar refractivity (Wildman–Crippen MR) is 75.9 cm³/mol. The second-order valence-electron chi connectivity index (χ2n) is 4.49. The highest BCUT2D eigenvalue weighted by Gasteiger charge is 2.12. The molecule has 1 aromatic heterocycles. The molecule has 100 valence electrons. The largest absolute Gasteiger partial charge is 0.316 e. The highest BCUT2D eigenvalue weighted by atomic mass is 35.5. The number of nitrogens with zero attached hydrogens (tertiary/aromatic N) is 1. The Morgan fingerprint density at radius 1 is 1.32 bits per heavy atom. The van der Waals surface area contributed by atoms with Crippen molar-refractivity contribution in [2.45, 2.75) is 18.9 Å². The maximum Gasteiger partial charge on any atom is 0.126 e. The van der Waals surface area contributed by atoms with Crippen molar-refractivity contribution < 1.29 is 4.39 Å². The van der Waals surface area contributed by atoms with Crippen LogP contribution in [-0.2, 0) is 12.8 Å². The lowest BCUT2D eigenvalue weighted by Gasteiger charge is -2.16. The molecule has 0 bridgehead atoms. The number of rotatable bonds is 5. The molecule has 0 spiro atoms. The molecular weight excluding hydrogens is 263 g/mol. The molecule has 0 fully saturated rings. The van der Waals surface area contributed by atoms with Crippen molar-refractivity contribution in [2.24, 2.45) is 0 Å². The number of halogens is 2. The van der Waals surface area contributed by atoms with Gasteiger partial charge in [0.15, 0.2) is 0 Å². The van der Waals surface area contributed by atoms with Crippen LogP contribution in [0.5, 0.6) is 0 Å². The lowest BCUT2D eigenvalue weighted by molar-refractivity contribution is 0.532. The Morgan fingerprint density at radius 3 is 2.84 bits per heavy atom. The van der Waals surface area contributed by atoms with Crippen molar-refractivity contribution in [1.29, 1.82) is 0 Å². The number of likely N-dealkylation sites (N-methyl/N-ethyl adjacent to an activating group) is 1. The minimum absolute atomic E-state index is 0.150. The summed E-state index contributed by atoms with van der Waals surface area (Å²) >= 11 is 5.91. The lowest BCUT2D eigenvalue weighted by atomic mass is 10.00. The van der Waals surface area contributed by atoms with Crippen LogP contribution in [0.25, 0.3) is 0 Å². The Morgan fingerprint density at radius 2 is 2.16 bits per heavy atom. The van der Waals surface area contributed by atoms with E-state index in [4.69, 9.17) is 11.6 Å². The van der Waals surface area contributed by atoms with Gasteiger partial charge >= 0.3 is 0 Å². The molecule has 2 nitrogen and oxygen atoms in total. The summed E-state index contributed by atoms with van der Waals surface area (Å²) in [5.74, 6) is -0.212. The van der Waals surface area contributed by atoms with E-state index in [1.807, 2.05) is 25.4 Å². The second kappa shape index (κ2) is 6.64. The molecule has 0 aliphatic carbocycles. The maximum absolute atomic E-state index is 13.7. The van der Waals surface area contributed by atoms with Crippen LogP contribution in [0.1, 0.15) is 11.1 Å². The maximum atomic E-state index is 13.7. The fourth-order valence-corrected chi connectivity index (χ4v) is 2.24. The molecule has 0 radical (unpaired) electrons. The van der Waals surface area contributed by atoms with Gasteiger partial charge in [0, 0.05) is 23.5 Å². The average molecular weight is 279 g/mol. The van der Waals surface area contributed by atoms with Crippen molar-refractivity contribution >= 4 is 11.6 Å². The fourth-order valence-electron chi connectivity index (χ4n) is 2.04. The van der Waals surface area contributed by atoms with Gasteiger partial charge in [0.05, 0.1) is 0 Å². The zero-order chi connectivity index (χ0) is 13.7. The molecule has 1 unspecified atom stereocenters. The van der Waals surface area contributed by atoms with Gasteiger partial charge in [-0.2, -0.15) is 0 Å². The molecule has 2 aromatic rings. The van der Waals surface area contributed by atoms with Crippen molar-refractivity contribution in [3.05, 3.63) is 64.7 Å². The summed E-state index contributed by atoms with van der Waals surface area (Å²) in [4.78, 5) is 4.09. The van der Waals surface area contributed by atoms with E-state index in [9.17, 15) is 4.39 Å². The van der Waals surface area contributed by atoms with E-state index < -0.39 is 0 Å². The number of nitrogens with one attached hydrogen (secondary N) is 1. The summed E-state index contributed by atoms with van der Waals surface area (Å²) < 4.78 is 13.7. The third-order valence-electron chi connectivity index (χ3n) is 3.09. The molecule has 4 heteroatoms. The van der Waals surface area contributed by atoms with Gasteiger partial charge in [-0.1, -0.05) is 17.7 Å². The van der Waals surface area contributed by atoms with Gasteiger partial charge in [-0.25, -0.2) is 4.39 Å².